The fourth-order valence-corrected chi connectivity index (χ4v) is 2.15. The number of aromatic amines is 1. The maximum atomic E-state index is 11.7. The monoisotopic (exact) mass is 290 g/mol. The molecule has 20 heavy (non-hydrogen) atoms. The quantitative estimate of drug-likeness (QED) is 0.741. The van der Waals surface area contributed by atoms with E-state index in [4.69, 9.17) is 4.74 Å². The van der Waals surface area contributed by atoms with Crippen molar-refractivity contribution in [2.24, 2.45) is 0 Å². The number of aromatic nitrogens is 1. The molecule has 0 radical (unpaired) electrons. The second kappa shape index (κ2) is 5.43. The third-order valence-corrected chi connectivity index (χ3v) is 3.11. The lowest BCUT2D eigenvalue weighted by molar-refractivity contribution is 0.172. The van der Waals surface area contributed by atoms with Crippen LogP contribution < -0.4 is 4.74 Å². The van der Waals surface area contributed by atoms with Crippen LogP contribution >= 0.6 is 12.4 Å². The van der Waals surface area contributed by atoms with E-state index >= 15 is 0 Å². The molecule has 0 atom stereocenters. The van der Waals surface area contributed by atoms with Crippen LogP contribution in [0.3, 0.4) is 0 Å². The first-order valence-electron chi connectivity index (χ1n) is 6.05. The number of amides is 1. The molecule has 3 aromatic rings. The number of carbonyl (C=O) groups excluding carboxylic acids is 1. The van der Waals surface area contributed by atoms with E-state index in [0.717, 1.165) is 21.7 Å². The summed E-state index contributed by atoms with van der Waals surface area (Å²) in [7, 11) is 3.33. The normalized spacial score (nSPS) is 10.3. The van der Waals surface area contributed by atoms with Crippen molar-refractivity contribution in [2.45, 2.75) is 0 Å². The average Bonchev–Trinajstić information content (AvgIpc) is 2.87. The number of benzene rings is 2. The van der Waals surface area contributed by atoms with Gasteiger partial charge in [-0.15, -0.1) is 12.4 Å². The summed E-state index contributed by atoms with van der Waals surface area (Å²) < 4.78 is 5.39. The predicted molar refractivity (Wildman–Crippen MR) is 82.8 cm³/mol. The van der Waals surface area contributed by atoms with Crippen LogP contribution in [0.5, 0.6) is 5.75 Å². The Bertz CT molecular complexity index is 765. The third-order valence-electron chi connectivity index (χ3n) is 3.11. The number of fused-ring (bicyclic) bond motifs is 3. The van der Waals surface area contributed by atoms with Gasteiger partial charge in [0.25, 0.3) is 0 Å². The van der Waals surface area contributed by atoms with E-state index in [1.54, 1.807) is 14.1 Å². The second-order valence-corrected chi connectivity index (χ2v) is 4.62. The highest BCUT2D eigenvalue weighted by Gasteiger charge is 2.11. The Hall–Kier alpha value is -2.20. The molecule has 0 bridgehead atoms. The van der Waals surface area contributed by atoms with Crippen LogP contribution in [0.15, 0.2) is 42.6 Å². The maximum absolute atomic E-state index is 11.7. The highest BCUT2D eigenvalue weighted by Crippen LogP contribution is 2.31. The van der Waals surface area contributed by atoms with Crippen molar-refractivity contribution in [2.75, 3.05) is 14.1 Å². The molecule has 4 nitrogen and oxygen atoms in total. The van der Waals surface area contributed by atoms with Gasteiger partial charge in [-0.2, -0.15) is 0 Å². The average molecular weight is 291 g/mol. The molecule has 0 saturated carbocycles. The zero-order chi connectivity index (χ0) is 13.4. The second-order valence-electron chi connectivity index (χ2n) is 4.62. The molecular weight excluding hydrogens is 276 g/mol. The topological polar surface area (TPSA) is 45.3 Å². The molecule has 1 heterocycles. The predicted octanol–water partition coefficient (Wildman–Crippen LogP) is 3.80. The minimum absolute atomic E-state index is 0. The van der Waals surface area contributed by atoms with Crippen LogP contribution in [0.4, 0.5) is 4.79 Å². The zero-order valence-electron chi connectivity index (χ0n) is 11.2. The molecule has 3 rings (SSSR count). The molecule has 0 aliphatic carbocycles. The van der Waals surface area contributed by atoms with Gasteiger partial charge < -0.3 is 14.6 Å². The first kappa shape index (κ1) is 14.2. The van der Waals surface area contributed by atoms with Crippen LogP contribution in [0, 0.1) is 0 Å². The van der Waals surface area contributed by atoms with Gasteiger partial charge in [-0.1, -0.05) is 12.1 Å². The lowest BCUT2D eigenvalue weighted by atomic mass is 10.1. The van der Waals surface area contributed by atoms with Crippen molar-refractivity contribution in [3.8, 4) is 5.75 Å². The first-order valence-corrected chi connectivity index (χ1v) is 6.05. The lowest BCUT2D eigenvalue weighted by Gasteiger charge is -2.12. The van der Waals surface area contributed by atoms with Gasteiger partial charge in [0.1, 0.15) is 5.75 Å². The highest BCUT2D eigenvalue weighted by molar-refractivity contribution is 6.08. The molecule has 1 aromatic heterocycles. The summed E-state index contributed by atoms with van der Waals surface area (Å²) in [6.45, 7) is 0. The number of hydrogen-bond acceptors (Lipinski definition) is 2. The molecule has 2 aromatic carbocycles. The number of halogens is 1. The zero-order valence-corrected chi connectivity index (χ0v) is 12.0. The fraction of sp³-hybridized carbons (Fsp3) is 0.133. The van der Waals surface area contributed by atoms with Crippen LogP contribution in [-0.2, 0) is 0 Å². The molecule has 1 N–H and O–H groups in total. The Morgan fingerprint density at radius 1 is 1.05 bits per heavy atom. The van der Waals surface area contributed by atoms with Gasteiger partial charge >= 0.3 is 6.09 Å². The molecule has 0 fully saturated rings. The molecular formula is C15H15ClN2O2. The summed E-state index contributed by atoms with van der Waals surface area (Å²) in [5, 5.41) is 3.13. The maximum Gasteiger partial charge on any atom is 0.414 e. The molecule has 0 unspecified atom stereocenters. The van der Waals surface area contributed by atoms with Crippen LogP contribution in [0.25, 0.3) is 21.7 Å². The number of H-pyrrole nitrogens is 1. The summed E-state index contributed by atoms with van der Waals surface area (Å²) in [4.78, 5) is 16.3. The van der Waals surface area contributed by atoms with Gasteiger partial charge in [0.15, 0.2) is 0 Å². The number of rotatable bonds is 1. The van der Waals surface area contributed by atoms with Crippen molar-refractivity contribution in [3.05, 3.63) is 42.6 Å². The molecule has 5 heteroatoms. The lowest BCUT2D eigenvalue weighted by Crippen LogP contribution is -2.25. The summed E-state index contributed by atoms with van der Waals surface area (Å²) in [6, 6.07) is 11.7. The molecule has 0 aliphatic rings. The van der Waals surface area contributed by atoms with Gasteiger partial charge in [0.05, 0.1) is 0 Å². The summed E-state index contributed by atoms with van der Waals surface area (Å²) in [5.41, 5.74) is 1.07. The van der Waals surface area contributed by atoms with E-state index in [0.29, 0.717) is 5.75 Å². The van der Waals surface area contributed by atoms with Crippen LogP contribution in [-0.4, -0.2) is 30.1 Å². The Labute approximate surface area is 122 Å². The number of nitrogens with one attached hydrogen (secondary N) is 1. The minimum Gasteiger partial charge on any atom is -0.410 e. The molecule has 0 aliphatic heterocycles. The molecule has 1 amide bonds. The largest absolute Gasteiger partial charge is 0.414 e. The van der Waals surface area contributed by atoms with E-state index in [1.807, 2.05) is 42.6 Å². The molecule has 0 saturated heterocycles. The van der Waals surface area contributed by atoms with Crippen molar-refractivity contribution in [3.63, 3.8) is 0 Å². The Kier molecular flexibility index (Phi) is 3.86. The fourth-order valence-electron chi connectivity index (χ4n) is 2.15. The van der Waals surface area contributed by atoms with Crippen molar-refractivity contribution < 1.29 is 9.53 Å². The number of nitrogens with zero attached hydrogens (tertiary/aromatic N) is 1. The standard InChI is InChI=1S/C15H14N2O2.ClH/c1-17(2)15(18)19-14-5-3-4-10-11-8-9-16-13(11)7-6-12(10)14;/h3-9,16H,1-2H3;1H. The summed E-state index contributed by atoms with van der Waals surface area (Å²) in [6.07, 6.45) is 1.53. The smallest absolute Gasteiger partial charge is 0.410 e. The van der Waals surface area contributed by atoms with Gasteiger partial charge in [0.2, 0.25) is 0 Å². The Balaban J connectivity index is 0.00000147. The summed E-state index contributed by atoms with van der Waals surface area (Å²) in [5.74, 6) is 0.583. The number of ether oxygens (including phenoxy) is 1. The first-order chi connectivity index (χ1) is 9.16. The molecule has 104 valence electrons. The number of carbonyl (C=O) groups is 1. The van der Waals surface area contributed by atoms with Gasteiger partial charge in [-0.3, -0.25) is 0 Å². The van der Waals surface area contributed by atoms with Crippen molar-refractivity contribution in [1.82, 2.24) is 9.88 Å². The SMILES string of the molecule is CN(C)C(=O)Oc1cccc2c1ccc1[nH]ccc12.Cl. The van der Waals surface area contributed by atoms with Gasteiger partial charge in [-0.25, -0.2) is 4.79 Å². The van der Waals surface area contributed by atoms with Crippen LogP contribution in [0.1, 0.15) is 0 Å². The number of hydrogen-bond donors (Lipinski definition) is 1. The van der Waals surface area contributed by atoms with E-state index < -0.39 is 0 Å². The minimum atomic E-state index is -0.373. The summed E-state index contributed by atoms with van der Waals surface area (Å²) >= 11 is 0. The van der Waals surface area contributed by atoms with E-state index in [-0.39, 0.29) is 18.5 Å². The Morgan fingerprint density at radius 3 is 2.60 bits per heavy atom. The van der Waals surface area contributed by atoms with Gasteiger partial charge in [-0.05, 0) is 29.7 Å². The van der Waals surface area contributed by atoms with Crippen LogP contribution in [0.2, 0.25) is 0 Å². The van der Waals surface area contributed by atoms with E-state index in [2.05, 4.69) is 4.98 Å². The van der Waals surface area contributed by atoms with Crippen molar-refractivity contribution >= 4 is 40.2 Å². The van der Waals surface area contributed by atoms with E-state index in [1.165, 1.54) is 4.90 Å². The van der Waals surface area contributed by atoms with Crippen molar-refractivity contribution in [1.29, 1.82) is 0 Å². The Morgan fingerprint density at radius 2 is 1.85 bits per heavy atom. The van der Waals surface area contributed by atoms with E-state index in [9.17, 15) is 4.79 Å². The highest BCUT2D eigenvalue weighted by atomic mass is 35.5. The molecule has 0 spiro atoms. The third kappa shape index (κ3) is 2.30. The van der Waals surface area contributed by atoms with Gasteiger partial charge in [0, 0.05) is 36.6 Å².